The highest BCUT2D eigenvalue weighted by molar-refractivity contribution is 9.10. The van der Waals surface area contributed by atoms with Crippen molar-refractivity contribution >= 4 is 39.3 Å². The number of aryl methyl sites for hydroxylation is 2. The molecule has 3 rings (SSSR count). The van der Waals surface area contributed by atoms with Gasteiger partial charge in [0.15, 0.2) is 0 Å². The molecule has 0 radical (unpaired) electrons. The van der Waals surface area contributed by atoms with E-state index < -0.39 is 0 Å². The summed E-state index contributed by atoms with van der Waals surface area (Å²) in [5.74, 6) is 0.576. The van der Waals surface area contributed by atoms with Gasteiger partial charge < -0.3 is 4.90 Å². The number of para-hydroxylation sites is 1. The van der Waals surface area contributed by atoms with Crippen molar-refractivity contribution in [1.82, 2.24) is 4.98 Å². The topological polar surface area (TPSA) is 33.2 Å². The van der Waals surface area contributed by atoms with E-state index in [4.69, 9.17) is 0 Å². The zero-order valence-corrected chi connectivity index (χ0v) is 14.8. The molecule has 22 heavy (non-hydrogen) atoms. The number of carbonyl (C=O) groups is 1. The molecule has 1 aliphatic rings. The maximum Gasteiger partial charge on any atom is 0.237 e. The number of carbonyl (C=O) groups excluding carboxylic acids is 1. The summed E-state index contributed by atoms with van der Waals surface area (Å²) in [6.45, 7) is 2.89. The summed E-state index contributed by atoms with van der Waals surface area (Å²) in [5.41, 5.74) is 3.58. The molecule has 0 unspecified atom stereocenters. The quantitative estimate of drug-likeness (QED) is 0.751. The number of nitrogens with zero attached hydrogens (tertiary/aromatic N) is 2. The third kappa shape index (κ3) is 3.36. The lowest BCUT2D eigenvalue weighted by Gasteiger charge is -2.31. The van der Waals surface area contributed by atoms with Crippen molar-refractivity contribution < 1.29 is 4.79 Å². The summed E-state index contributed by atoms with van der Waals surface area (Å²) in [7, 11) is 0. The van der Waals surface area contributed by atoms with Crippen molar-refractivity contribution in [2.24, 2.45) is 0 Å². The average molecular weight is 377 g/mol. The lowest BCUT2D eigenvalue weighted by atomic mass is 9.98. The van der Waals surface area contributed by atoms with Crippen LogP contribution in [-0.4, -0.2) is 23.2 Å². The fraction of sp³-hybridized carbons (Fsp3) is 0.294. The van der Waals surface area contributed by atoms with Crippen LogP contribution >= 0.6 is 27.7 Å². The van der Waals surface area contributed by atoms with Crippen LogP contribution in [0.25, 0.3) is 0 Å². The summed E-state index contributed by atoms with van der Waals surface area (Å²) in [4.78, 5) is 18.9. The van der Waals surface area contributed by atoms with Gasteiger partial charge in [0.25, 0.3) is 0 Å². The van der Waals surface area contributed by atoms with Crippen LogP contribution in [0.1, 0.15) is 17.5 Å². The van der Waals surface area contributed by atoms with Crippen molar-refractivity contribution in [3.63, 3.8) is 0 Å². The van der Waals surface area contributed by atoms with Crippen LogP contribution < -0.4 is 4.90 Å². The molecule has 0 saturated carbocycles. The fourth-order valence-corrected chi connectivity index (χ4v) is 3.71. The van der Waals surface area contributed by atoms with Crippen LogP contribution in [0.3, 0.4) is 0 Å². The first-order chi connectivity index (χ1) is 10.6. The maximum atomic E-state index is 12.6. The number of hydrogen-bond acceptors (Lipinski definition) is 3. The summed E-state index contributed by atoms with van der Waals surface area (Å²) in [6.07, 6.45) is 3.85. The van der Waals surface area contributed by atoms with E-state index in [-0.39, 0.29) is 5.91 Å². The number of rotatable bonds is 3. The molecule has 0 atom stereocenters. The highest BCUT2D eigenvalue weighted by Gasteiger charge is 2.23. The van der Waals surface area contributed by atoms with E-state index in [9.17, 15) is 4.79 Å². The van der Waals surface area contributed by atoms with E-state index in [0.29, 0.717) is 5.75 Å². The van der Waals surface area contributed by atoms with Gasteiger partial charge in [-0.2, -0.15) is 0 Å². The average Bonchev–Trinajstić information content (AvgIpc) is 2.54. The van der Waals surface area contributed by atoms with Crippen molar-refractivity contribution in [2.45, 2.75) is 24.8 Å². The largest absolute Gasteiger partial charge is 0.311 e. The van der Waals surface area contributed by atoms with E-state index in [0.717, 1.165) is 34.6 Å². The number of halogens is 1. The lowest BCUT2D eigenvalue weighted by Crippen LogP contribution is -2.37. The Hall–Kier alpha value is -1.33. The van der Waals surface area contributed by atoms with E-state index in [1.165, 1.54) is 22.9 Å². The van der Waals surface area contributed by atoms with Gasteiger partial charge in [-0.25, -0.2) is 4.98 Å². The molecule has 0 bridgehead atoms. The Kier molecular flexibility index (Phi) is 4.84. The number of anilines is 1. The Labute approximate surface area is 143 Å². The molecule has 0 saturated heterocycles. The monoisotopic (exact) mass is 376 g/mol. The Morgan fingerprint density at radius 2 is 2.23 bits per heavy atom. The molecule has 2 heterocycles. The highest BCUT2D eigenvalue weighted by Crippen LogP contribution is 2.31. The second-order valence-electron chi connectivity index (χ2n) is 5.33. The maximum absolute atomic E-state index is 12.6. The van der Waals surface area contributed by atoms with Crippen molar-refractivity contribution in [3.8, 4) is 0 Å². The Morgan fingerprint density at radius 3 is 3.00 bits per heavy atom. The Bertz CT molecular complexity index is 688. The third-order valence-corrected chi connectivity index (χ3v) is 5.16. The molecule has 0 spiro atoms. The van der Waals surface area contributed by atoms with E-state index in [1.54, 1.807) is 6.20 Å². The van der Waals surface area contributed by atoms with Gasteiger partial charge in [0.2, 0.25) is 5.91 Å². The number of thioether (sulfide) groups is 1. The van der Waals surface area contributed by atoms with Gasteiger partial charge in [0.1, 0.15) is 0 Å². The number of amides is 1. The normalized spacial score (nSPS) is 13.8. The van der Waals surface area contributed by atoms with Crippen LogP contribution in [0, 0.1) is 6.92 Å². The first-order valence-electron chi connectivity index (χ1n) is 7.28. The van der Waals surface area contributed by atoms with Gasteiger partial charge in [-0.05, 0) is 59.0 Å². The molecule has 0 N–H and O–H groups in total. The standard InChI is InChI=1S/C17H17BrN2OS/c1-12-4-2-5-13-6-3-9-20(17(12)13)16(21)11-22-15-8-7-14(18)10-19-15/h2,4-5,7-8,10H,3,6,9,11H2,1H3. The number of pyridine rings is 1. The summed E-state index contributed by atoms with van der Waals surface area (Å²) in [6, 6.07) is 10.2. The first-order valence-corrected chi connectivity index (χ1v) is 9.06. The smallest absolute Gasteiger partial charge is 0.237 e. The Morgan fingerprint density at radius 1 is 1.36 bits per heavy atom. The van der Waals surface area contributed by atoms with Gasteiger partial charge in [0.05, 0.1) is 10.8 Å². The SMILES string of the molecule is Cc1cccc2c1N(C(=O)CSc1ccc(Br)cn1)CCC2. The highest BCUT2D eigenvalue weighted by atomic mass is 79.9. The zero-order chi connectivity index (χ0) is 15.5. The predicted molar refractivity (Wildman–Crippen MR) is 94.5 cm³/mol. The van der Waals surface area contributed by atoms with Gasteiger partial charge in [-0.1, -0.05) is 30.0 Å². The molecule has 5 heteroatoms. The minimum atomic E-state index is 0.157. The molecule has 2 aromatic rings. The van der Waals surface area contributed by atoms with E-state index >= 15 is 0 Å². The van der Waals surface area contributed by atoms with Gasteiger partial charge in [-0.15, -0.1) is 0 Å². The van der Waals surface area contributed by atoms with Crippen LogP contribution in [0.4, 0.5) is 5.69 Å². The molecule has 1 aliphatic heterocycles. The van der Waals surface area contributed by atoms with Crippen molar-refractivity contribution in [3.05, 3.63) is 52.1 Å². The summed E-state index contributed by atoms with van der Waals surface area (Å²) < 4.78 is 0.948. The van der Waals surface area contributed by atoms with Gasteiger partial charge in [0, 0.05) is 22.9 Å². The lowest BCUT2D eigenvalue weighted by molar-refractivity contribution is -0.116. The number of benzene rings is 1. The molecule has 0 aliphatic carbocycles. The number of hydrogen-bond donors (Lipinski definition) is 0. The van der Waals surface area contributed by atoms with Gasteiger partial charge in [-0.3, -0.25) is 4.79 Å². The fourth-order valence-electron chi connectivity index (χ4n) is 2.76. The second kappa shape index (κ2) is 6.84. The molecular weight excluding hydrogens is 360 g/mol. The van der Waals surface area contributed by atoms with E-state index in [1.807, 2.05) is 17.0 Å². The molecule has 1 aromatic heterocycles. The first kappa shape index (κ1) is 15.6. The van der Waals surface area contributed by atoms with Crippen LogP contribution in [0.2, 0.25) is 0 Å². The van der Waals surface area contributed by atoms with Crippen molar-refractivity contribution in [1.29, 1.82) is 0 Å². The number of aromatic nitrogens is 1. The molecule has 3 nitrogen and oxygen atoms in total. The summed E-state index contributed by atoms with van der Waals surface area (Å²) in [5, 5.41) is 0.874. The molecule has 114 valence electrons. The predicted octanol–water partition coefficient (Wildman–Crippen LogP) is 4.22. The minimum absolute atomic E-state index is 0.157. The Balaban J connectivity index is 1.72. The molecule has 1 amide bonds. The van der Waals surface area contributed by atoms with Crippen LogP contribution in [0.15, 0.2) is 46.0 Å². The van der Waals surface area contributed by atoms with Gasteiger partial charge >= 0.3 is 0 Å². The van der Waals surface area contributed by atoms with Crippen LogP contribution in [0.5, 0.6) is 0 Å². The second-order valence-corrected chi connectivity index (χ2v) is 7.25. The third-order valence-electron chi connectivity index (χ3n) is 3.76. The molecular formula is C17H17BrN2OS. The van der Waals surface area contributed by atoms with E-state index in [2.05, 4.69) is 46.0 Å². The minimum Gasteiger partial charge on any atom is -0.311 e. The van der Waals surface area contributed by atoms with Crippen molar-refractivity contribution in [2.75, 3.05) is 17.2 Å². The molecule has 1 aromatic carbocycles. The summed E-state index contributed by atoms with van der Waals surface area (Å²) >= 11 is 4.86. The zero-order valence-electron chi connectivity index (χ0n) is 12.4. The number of fused-ring (bicyclic) bond motifs is 1. The molecule has 0 fully saturated rings. The van der Waals surface area contributed by atoms with Crippen LogP contribution in [-0.2, 0) is 11.2 Å².